The summed E-state index contributed by atoms with van der Waals surface area (Å²) in [5.41, 5.74) is 1.23. The number of aryl methyl sites for hydroxylation is 1. The largest absolute Gasteiger partial charge is 0.465 e. The number of hydrogen-bond acceptors (Lipinski definition) is 9. The first kappa shape index (κ1) is 38.6. The van der Waals surface area contributed by atoms with Gasteiger partial charge in [-0.25, -0.2) is 4.68 Å². The number of alkyl halides is 9. The molecule has 0 unspecified atom stereocenters. The van der Waals surface area contributed by atoms with E-state index in [1.807, 2.05) is 4.90 Å². The number of nitrogens with zero attached hydrogens (tertiary/aromatic N) is 5. The van der Waals surface area contributed by atoms with E-state index >= 15 is 0 Å². The Hall–Kier alpha value is -5.07. The molecule has 2 aliphatic rings. The number of anilines is 2. The highest BCUT2D eigenvalue weighted by molar-refractivity contribution is 5.76. The average Bonchev–Trinajstić information content (AvgIpc) is 3.72. The van der Waals surface area contributed by atoms with Gasteiger partial charge >= 0.3 is 24.5 Å². The van der Waals surface area contributed by atoms with Gasteiger partial charge in [-0.3, -0.25) is 4.79 Å². The number of nitrogens with two attached hydrogens (primary N) is 1. The molecule has 2 fully saturated rings. The van der Waals surface area contributed by atoms with Crippen LogP contribution in [0.4, 0.5) is 51.3 Å². The minimum atomic E-state index is -5.15. The van der Waals surface area contributed by atoms with Crippen LogP contribution >= 0.6 is 0 Å². The lowest BCUT2D eigenvalue weighted by atomic mass is 9.76. The van der Waals surface area contributed by atoms with Crippen molar-refractivity contribution in [3.05, 3.63) is 77.1 Å². The number of carbonyl (C=O) groups is 1. The summed E-state index contributed by atoms with van der Waals surface area (Å²) in [6.45, 7) is 4.98. The van der Waals surface area contributed by atoms with Crippen LogP contribution in [-0.4, -0.2) is 64.2 Å². The summed E-state index contributed by atoms with van der Waals surface area (Å²) in [5, 5.41) is 7.37. The predicted molar refractivity (Wildman–Crippen MR) is 177 cm³/mol. The van der Waals surface area contributed by atoms with Gasteiger partial charge in [0, 0.05) is 37.5 Å². The van der Waals surface area contributed by atoms with Crippen LogP contribution < -0.4 is 20.7 Å². The fourth-order valence-electron chi connectivity index (χ4n) is 6.81. The molecule has 19 heteroatoms. The molecular weight excluding hydrogens is 737 g/mol. The summed E-state index contributed by atoms with van der Waals surface area (Å²) in [6.07, 6.45) is -15.1. The number of halogens is 9. The number of ether oxygens (including phenoxy) is 2. The van der Waals surface area contributed by atoms with Gasteiger partial charge in [0.05, 0.1) is 29.1 Å². The molecule has 290 valence electrons. The highest BCUT2D eigenvalue weighted by Crippen LogP contribution is 2.44. The minimum Gasteiger partial charge on any atom is -0.465 e. The quantitative estimate of drug-likeness (QED) is 0.139. The maximum atomic E-state index is 14.9. The Morgan fingerprint density at radius 1 is 0.944 bits per heavy atom. The molecule has 0 amide bonds. The molecule has 54 heavy (non-hydrogen) atoms. The van der Waals surface area contributed by atoms with E-state index in [4.69, 9.17) is 15.2 Å². The van der Waals surface area contributed by atoms with Crippen LogP contribution in [0.3, 0.4) is 0 Å². The zero-order chi connectivity index (χ0) is 39.2. The number of hydrogen-bond donors (Lipinski definition) is 2. The molecule has 0 bridgehead atoms. The monoisotopic (exact) mass is 771 g/mol. The first-order chi connectivity index (χ1) is 25.2. The molecule has 2 aromatic carbocycles. The van der Waals surface area contributed by atoms with Crippen LogP contribution in [0.25, 0.3) is 16.8 Å². The van der Waals surface area contributed by atoms with Crippen LogP contribution in [0.5, 0.6) is 5.88 Å². The molecular formula is C35H34F9N7O3. The molecule has 3 N–H and O–H groups in total. The van der Waals surface area contributed by atoms with E-state index in [1.165, 1.54) is 25.3 Å². The van der Waals surface area contributed by atoms with Gasteiger partial charge in [0.1, 0.15) is 11.9 Å². The molecule has 4 aromatic rings. The standard InChI is InChI=1S/C35H34F9N7O3/c1-3-53-30(52)25-17-32(18-46-25)7-10-50(11-8-32)27-16-28(48-31(45)47-27)54-29(35(42,43)44)24-5-4-20(14-26(24)51-9-6-19(2)49-51)21-12-22(33(36,37)38)15-23(13-21)34(39,40)41/h4-6,9,12-16,25,29,46H,3,7-8,10-11,17-18H2,1-2H3,(H2,45,47,48)/t25-,29+/m0/s1. The molecule has 0 aliphatic carbocycles. The number of nitrogen functional groups attached to an aromatic ring is 1. The zero-order valence-corrected chi connectivity index (χ0v) is 28.7. The lowest BCUT2D eigenvalue weighted by Crippen LogP contribution is -2.41. The van der Waals surface area contributed by atoms with Crippen LogP contribution in [-0.2, 0) is 21.9 Å². The SMILES string of the molecule is CCOC(=O)[C@@H]1CC2(CCN(c3cc(O[C@H](c4ccc(-c5cc(C(F)(F)F)cc(C(F)(F)F)c5)cc4-n4ccc(C)n4)C(F)(F)F)nc(N)n3)CC2)CN1. The number of esters is 1. The van der Waals surface area contributed by atoms with Gasteiger partial charge in [-0.1, -0.05) is 12.1 Å². The summed E-state index contributed by atoms with van der Waals surface area (Å²) in [6, 6.07) is 6.03. The lowest BCUT2D eigenvalue weighted by molar-refractivity contribution is -0.198. The van der Waals surface area contributed by atoms with Gasteiger partial charge in [0.25, 0.3) is 0 Å². The minimum absolute atomic E-state index is 0.0415. The van der Waals surface area contributed by atoms with Gasteiger partial charge in [0.15, 0.2) is 0 Å². The van der Waals surface area contributed by atoms with Gasteiger partial charge in [-0.05, 0) is 80.0 Å². The van der Waals surface area contributed by atoms with Crippen LogP contribution in [0.2, 0.25) is 0 Å². The molecule has 2 aliphatic heterocycles. The number of nitrogens with one attached hydrogen (secondary N) is 1. The third-order valence-electron chi connectivity index (χ3n) is 9.53. The Kier molecular flexibility index (Phi) is 10.2. The summed E-state index contributed by atoms with van der Waals surface area (Å²) >= 11 is 0. The summed E-state index contributed by atoms with van der Waals surface area (Å²) in [7, 11) is 0. The van der Waals surface area contributed by atoms with Crippen molar-refractivity contribution in [2.75, 3.05) is 36.9 Å². The van der Waals surface area contributed by atoms with Gasteiger partial charge in [-0.15, -0.1) is 0 Å². The van der Waals surface area contributed by atoms with Crippen molar-refractivity contribution in [2.45, 2.75) is 63.8 Å². The maximum absolute atomic E-state index is 14.9. The van der Waals surface area contributed by atoms with Crippen LogP contribution in [0.15, 0.2) is 54.7 Å². The van der Waals surface area contributed by atoms with Crippen molar-refractivity contribution in [2.24, 2.45) is 5.41 Å². The molecule has 1 spiro atoms. The van der Waals surface area contributed by atoms with E-state index in [-0.39, 0.29) is 47.1 Å². The summed E-state index contributed by atoms with van der Waals surface area (Å²) in [4.78, 5) is 22.2. The number of rotatable bonds is 8. The molecule has 2 saturated heterocycles. The fourth-order valence-corrected chi connectivity index (χ4v) is 6.81. The Balaban J connectivity index is 1.33. The van der Waals surface area contributed by atoms with Gasteiger partial charge in [0.2, 0.25) is 17.9 Å². The third-order valence-corrected chi connectivity index (χ3v) is 9.53. The van der Waals surface area contributed by atoms with Crippen LogP contribution in [0.1, 0.15) is 54.7 Å². The van der Waals surface area contributed by atoms with Crippen molar-refractivity contribution in [1.29, 1.82) is 0 Å². The van der Waals surface area contributed by atoms with Crippen molar-refractivity contribution in [3.63, 3.8) is 0 Å². The van der Waals surface area contributed by atoms with E-state index in [1.54, 1.807) is 6.92 Å². The molecule has 2 aromatic heterocycles. The molecule has 2 atom stereocenters. The Morgan fingerprint density at radius 3 is 2.19 bits per heavy atom. The lowest BCUT2D eigenvalue weighted by Gasteiger charge is -2.39. The second-order valence-corrected chi connectivity index (χ2v) is 13.3. The molecule has 0 radical (unpaired) electrons. The van der Waals surface area contributed by atoms with E-state index in [0.29, 0.717) is 56.7 Å². The van der Waals surface area contributed by atoms with E-state index in [2.05, 4.69) is 20.4 Å². The zero-order valence-electron chi connectivity index (χ0n) is 28.7. The smallest absolute Gasteiger partial charge is 0.429 e. The van der Waals surface area contributed by atoms with Gasteiger partial charge < -0.3 is 25.4 Å². The third kappa shape index (κ3) is 8.34. The molecule has 4 heterocycles. The highest BCUT2D eigenvalue weighted by atomic mass is 19.4. The maximum Gasteiger partial charge on any atom is 0.429 e. The highest BCUT2D eigenvalue weighted by Gasteiger charge is 2.46. The van der Waals surface area contributed by atoms with Crippen molar-refractivity contribution in [1.82, 2.24) is 25.1 Å². The number of piperidine rings is 1. The fraction of sp³-hybridized carbons (Fsp3) is 0.429. The summed E-state index contributed by atoms with van der Waals surface area (Å²) in [5.74, 6) is -1.04. The van der Waals surface area contributed by atoms with E-state index in [9.17, 15) is 44.3 Å². The van der Waals surface area contributed by atoms with Crippen LogP contribution in [0, 0.1) is 12.3 Å². The first-order valence-electron chi connectivity index (χ1n) is 16.7. The second-order valence-electron chi connectivity index (χ2n) is 13.3. The van der Waals surface area contributed by atoms with Crippen molar-refractivity contribution >= 4 is 17.7 Å². The predicted octanol–water partition coefficient (Wildman–Crippen LogP) is 7.45. The molecule has 10 nitrogen and oxygen atoms in total. The number of carbonyl (C=O) groups excluding carboxylic acids is 1. The Morgan fingerprint density at radius 2 is 1.61 bits per heavy atom. The van der Waals surface area contributed by atoms with E-state index < -0.39 is 58.8 Å². The first-order valence-corrected chi connectivity index (χ1v) is 16.7. The van der Waals surface area contributed by atoms with Crippen molar-refractivity contribution < 1.29 is 53.8 Å². The van der Waals surface area contributed by atoms with E-state index in [0.717, 1.165) is 22.9 Å². The Labute approximate surface area is 302 Å². The second kappa shape index (κ2) is 14.3. The average molecular weight is 772 g/mol. The van der Waals surface area contributed by atoms with Gasteiger partial charge in [-0.2, -0.15) is 54.6 Å². The molecule has 6 rings (SSSR count). The number of benzene rings is 2. The van der Waals surface area contributed by atoms with Crippen molar-refractivity contribution in [3.8, 4) is 22.7 Å². The topological polar surface area (TPSA) is 120 Å². The molecule has 0 saturated carbocycles. The Bertz CT molecular complexity index is 1970. The summed E-state index contributed by atoms with van der Waals surface area (Å²) < 4.78 is 138. The normalized spacial score (nSPS) is 18.2. The number of aromatic nitrogens is 4.